The number of anilines is 2. The van der Waals surface area contributed by atoms with Crippen LogP contribution in [0.15, 0.2) is 36.7 Å². The Morgan fingerprint density at radius 3 is 2.53 bits per heavy atom. The van der Waals surface area contributed by atoms with Gasteiger partial charge >= 0.3 is 0 Å². The van der Waals surface area contributed by atoms with Gasteiger partial charge in [-0.1, -0.05) is 29.8 Å². The van der Waals surface area contributed by atoms with Gasteiger partial charge in [0.1, 0.15) is 18.0 Å². The Morgan fingerprint density at radius 2 is 1.82 bits per heavy atom. The van der Waals surface area contributed by atoms with E-state index in [2.05, 4.69) is 51.9 Å². The molecule has 0 aliphatic heterocycles. The molecule has 0 spiro atoms. The van der Waals surface area contributed by atoms with E-state index in [1.807, 2.05) is 0 Å². The summed E-state index contributed by atoms with van der Waals surface area (Å²) in [6.45, 7) is 2.79. The first-order valence-electron chi connectivity index (χ1n) is 5.36. The predicted octanol–water partition coefficient (Wildman–Crippen LogP) is 1.68. The number of aryl methyl sites for hydroxylation is 1. The Hall–Kier alpha value is -2.14. The van der Waals surface area contributed by atoms with Crippen molar-refractivity contribution in [3.8, 4) is 0 Å². The number of nitrogens with one attached hydrogen (secondary N) is 2. The van der Waals surface area contributed by atoms with Crippen molar-refractivity contribution in [2.45, 2.75) is 13.5 Å². The summed E-state index contributed by atoms with van der Waals surface area (Å²) in [6.07, 6.45) is 1.46. The van der Waals surface area contributed by atoms with Crippen LogP contribution in [0.2, 0.25) is 0 Å². The Bertz CT molecular complexity index is 481. The minimum atomic E-state index is 0.589. The Labute approximate surface area is 100 Å². The number of nitrogens with zero attached hydrogens (tertiary/aromatic N) is 2. The second-order valence-electron chi connectivity index (χ2n) is 3.77. The van der Waals surface area contributed by atoms with Crippen LogP contribution >= 0.6 is 0 Å². The molecule has 0 fully saturated rings. The van der Waals surface area contributed by atoms with Crippen LogP contribution in [-0.2, 0) is 6.54 Å². The zero-order valence-electron chi connectivity index (χ0n) is 9.64. The third-order valence-corrected chi connectivity index (χ3v) is 2.41. The second-order valence-corrected chi connectivity index (χ2v) is 3.77. The fraction of sp³-hybridized carbons (Fsp3) is 0.167. The predicted molar refractivity (Wildman–Crippen MR) is 68.3 cm³/mol. The van der Waals surface area contributed by atoms with Crippen LogP contribution in [0.3, 0.4) is 0 Å². The van der Waals surface area contributed by atoms with Gasteiger partial charge in [0.25, 0.3) is 0 Å². The van der Waals surface area contributed by atoms with Crippen LogP contribution in [0.1, 0.15) is 11.1 Å². The first-order valence-corrected chi connectivity index (χ1v) is 5.36. The lowest BCUT2D eigenvalue weighted by atomic mass is 10.1. The summed E-state index contributed by atoms with van der Waals surface area (Å²) in [5, 5.41) is 3.21. The lowest BCUT2D eigenvalue weighted by Gasteiger charge is -2.06. The second kappa shape index (κ2) is 5.27. The van der Waals surface area contributed by atoms with Crippen molar-refractivity contribution in [1.82, 2.24) is 9.97 Å². The monoisotopic (exact) mass is 229 g/mol. The fourth-order valence-corrected chi connectivity index (χ4v) is 1.43. The molecule has 0 aliphatic carbocycles. The van der Waals surface area contributed by atoms with Crippen molar-refractivity contribution in [2.24, 2.45) is 5.84 Å². The summed E-state index contributed by atoms with van der Waals surface area (Å²) in [4.78, 5) is 8.04. The first-order chi connectivity index (χ1) is 8.28. The SMILES string of the molecule is Cc1ccc(CNc2cc(NN)ncn2)cc1. The smallest absolute Gasteiger partial charge is 0.145 e. The Kier molecular flexibility index (Phi) is 3.52. The molecule has 0 radical (unpaired) electrons. The average molecular weight is 229 g/mol. The largest absolute Gasteiger partial charge is 0.366 e. The summed E-state index contributed by atoms with van der Waals surface area (Å²) in [5.74, 6) is 6.61. The third-order valence-electron chi connectivity index (χ3n) is 2.41. The maximum absolute atomic E-state index is 5.27. The van der Waals surface area contributed by atoms with Crippen molar-refractivity contribution >= 4 is 11.6 Å². The highest BCUT2D eigenvalue weighted by Crippen LogP contribution is 2.09. The molecule has 0 aliphatic rings. The Morgan fingerprint density at radius 1 is 1.12 bits per heavy atom. The number of nitrogen functional groups attached to an aromatic ring is 1. The number of aromatic nitrogens is 2. The van der Waals surface area contributed by atoms with Gasteiger partial charge in [0.05, 0.1) is 0 Å². The van der Waals surface area contributed by atoms with Gasteiger partial charge in [-0.2, -0.15) is 0 Å². The van der Waals surface area contributed by atoms with Crippen LogP contribution in [-0.4, -0.2) is 9.97 Å². The van der Waals surface area contributed by atoms with Gasteiger partial charge in [0.15, 0.2) is 0 Å². The van der Waals surface area contributed by atoms with Crippen LogP contribution in [0.25, 0.3) is 0 Å². The van der Waals surface area contributed by atoms with Crippen LogP contribution in [0, 0.1) is 6.92 Å². The molecule has 2 aromatic rings. The van der Waals surface area contributed by atoms with E-state index in [1.54, 1.807) is 6.07 Å². The highest BCUT2D eigenvalue weighted by Gasteiger charge is 1.97. The summed E-state index contributed by atoms with van der Waals surface area (Å²) >= 11 is 0. The molecule has 0 saturated heterocycles. The fourth-order valence-electron chi connectivity index (χ4n) is 1.43. The zero-order chi connectivity index (χ0) is 12.1. The zero-order valence-corrected chi connectivity index (χ0v) is 9.64. The average Bonchev–Trinajstić information content (AvgIpc) is 2.38. The van der Waals surface area contributed by atoms with Gasteiger partial charge in [0, 0.05) is 12.6 Å². The van der Waals surface area contributed by atoms with Gasteiger partial charge < -0.3 is 10.7 Å². The molecule has 0 atom stereocenters. The van der Waals surface area contributed by atoms with Crippen molar-refractivity contribution < 1.29 is 0 Å². The van der Waals surface area contributed by atoms with Gasteiger partial charge in [0.2, 0.25) is 0 Å². The van der Waals surface area contributed by atoms with Crippen LogP contribution in [0.5, 0.6) is 0 Å². The molecule has 1 aromatic carbocycles. The molecule has 1 aromatic heterocycles. The number of nitrogens with two attached hydrogens (primary N) is 1. The minimum absolute atomic E-state index is 0.589. The molecule has 88 valence electrons. The highest BCUT2D eigenvalue weighted by molar-refractivity contribution is 5.45. The quantitative estimate of drug-likeness (QED) is 0.549. The molecule has 4 N–H and O–H groups in total. The molecule has 0 saturated carbocycles. The molecule has 0 amide bonds. The molecule has 5 heteroatoms. The molecule has 0 bridgehead atoms. The third kappa shape index (κ3) is 3.15. The standard InChI is InChI=1S/C12H15N5/c1-9-2-4-10(5-3-9)7-14-11-6-12(17-13)16-8-15-11/h2-6,8H,7,13H2,1H3,(H2,14,15,16,17). The summed E-state index contributed by atoms with van der Waals surface area (Å²) in [7, 11) is 0. The maximum Gasteiger partial charge on any atom is 0.145 e. The topological polar surface area (TPSA) is 75.9 Å². The molecular formula is C12H15N5. The van der Waals surface area contributed by atoms with Crippen LogP contribution < -0.4 is 16.6 Å². The number of hydrazine groups is 1. The van der Waals surface area contributed by atoms with E-state index < -0.39 is 0 Å². The number of benzene rings is 1. The summed E-state index contributed by atoms with van der Waals surface area (Å²) < 4.78 is 0. The van der Waals surface area contributed by atoms with Gasteiger partial charge in [-0.05, 0) is 12.5 Å². The van der Waals surface area contributed by atoms with Crippen molar-refractivity contribution in [3.63, 3.8) is 0 Å². The van der Waals surface area contributed by atoms with E-state index in [1.165, 1.54) is 17.5 Å². The molecule has 17 heavy (non-hydrogen) atoms. The molecular weight excluding hydrogens is 214 g/mol. The molecule has 0 unspecified atom stereocenters. The minimum Gasteiger partial charge on any atom is -0.366 e. The van der Waals surface area contributed by atoms with Crippen LogP contribution in [0.4, 0.5) is 11.6 Å². The van der Waals surface area contributed by atoms with Gasteiger partial charge in [-0.25, -0.2) is 15.8 Å². The maximum atomic E-state index is 5.27. The van der Waals surface area contributed by atoms with Crippen molar-refractivity contribution in [1.29, 1.82) is 0 Å². The van der Waals surface area contributed by atoms with E-state index in [-0.39, 0.29) is 0 Å². The lowest BCUT2D eigenvalue weighted by molar-refractivity contribution is 1.07. The number of hydrogen-bond donors (Lipinski definition) is 3. The van der Waals surface area contributed by atoms with Gasteiger partial charge in [-0.15, -0.1) is 0 Å². The first kappa shape index (κ1) is 11.3. The molecule has 2 rings (SSSR count). The normalized spacial score (nSPS) is 10.0. The van der Waals surface area contributed by atoms with E-state index in [0.29, 0.717) is 5.82 Å². The lowest BCUT2D eigenvalue weighted by Crippen LogP contribution is -2.09. The van der Waals surface area contributed by atoms with E-state index in [9.17, 15) is 0 Å². The number of hydrogen-bond acceptors (Lipinski definition) is 5. The van der Waals surface area contributed by atoms with E-state index in [4.69, 9.17) is 5.84 Å². The van der Waals surface area contributed by atoms with Crippen molar-refractivity contribution in [3.05, 3.63) is 47.8 Å². The Balaban J connectivity index is 1.99. The molecule has 1 heterocycles. The van der Waals surface area contributed by atoms with E-state index in [0.717, 1.165) is 12.4 Å². The van der Waals surface area contributed by atoms with E-state index >= 15 is 0 Å². The highest BCUT2D eigenvalue weighted by atomic mass is 15.3. The molecule has 5 nitrogen and oxygen atoms in total. The summed E-state index contributed by atoms with van der Waals surface area (Å²) in [5.41, 5.74) is 4.94. The number of rotatable bonds is 4. The van der Waals surface area contributed by atoms with Crippen molar-refractivity contribution in [2.75, 3.05) is 10.7 Å². The summed E-state index contributed by atoms with van der Waals surface area (Å²) in [6, 6.07) is 10.1. The van der Waals surface area contributed by atoms with Gasteiger partial charge in [-0.3, -0.25) is 0 Å².